The summed E-state index contributed by atoms with van der Waals surface area (Å²) in [4.78, 5) is 74.0. The van der Waals surface area contributed by atoms with Gasteiger partial charge < -0.3 is 35.1 Å². The number of nitrogens with one attached hydrogen (secondary N) is 3. The summed E-state index contributed by atoms with van der Waals surface area (Å²) < 4.78 is 9.89. The molecule has 3 amide bonds. The van der Waals surface area contributed by atoms with E-state index in [-0.39, 0.29) is 50.5 Å². The second-order valence-corrected chi connectivity index (χ2v) is 12.9. The number of H-pyrrole nitrogens is 1. The van der Waals surface area contributed by atoms with Crippen molar-refractivity contribution < 1.29 is 38.6 Å². The lowest BCUT2D eigenvalue weighted by atomic mass is 9.91. The van der Waals surface area contributed by atoms with Crippen LogP contribution in [0.3, 0.4) is 0 Å². The first kappa shape index (κ1) is 38.7. The minimum Gasteiger partial charge on any atom is -0.469 e. The van der Waals surface area contributed by atoms with Gasteiger partial charge >= 0.3 is 11.9 Å². The molecule has 13 heteroatoms. The quantitative estimate of drug-likeness (QED) is 0.147. The standard InChI is InChI=1S/C36H49N5O8/c1-22(2)16-29(33(44)36(47)49-23(3)4)39-35(46)30(19-27-20-37-21-38-27)40-34(45)26(18-31(42)41(5)15-14-32(43)48-6)17-25-12-9-11-24-10-7-8-13-28(24)25/h7-13,20-23,26,29-30,33,44H,14-19H2,1-6H3,(H,37,38)(H,39,46)(H,40,45)/t26?,29-,30-,33?/m0/s1. The molecule has 4 atom stereocenters. The Bertz CT molecular complexity index is 1550. The smallest absolute Gasteiger partial charge is 0.337 e. The molecule has 3 aromatic rings. The Morgan fingerprint density at radius 3 is 2.33 bits per heavy atom. The molecule has 49 heavy (non-hydrogen) atoms. The third-order valence-corrected chi connectivity index (χ3v) is 8.08. The van der Waals surface area contributed by atoms with E-state index in [2.05, 4.69) is 20.6 Å². The Balaban J connectivity index is 1.91. The highest BCUT2D eigenvalue weighted by Gasteiger charge is 2.34. The molecular formula is C36H49N5O8. The molecule has 13 nitrogen and oxygen atoms in total. The lowest BCUT2D eigenvalue weighted by molar-refractivity contribution is -0.159. The molecule has 266 valence electrons. The van der Waals surface area contributed by atoms with Gasteiger partial charge in [0.25, 0.3) is 0 Å². The second kappa shape index (κ2) is 18.7. The van der Waals surface area contributed by atoms with Gasteiger partial charge in [-0.2, -0.15) is 0 Å². The van der Waals surface area contributed by atoms with E-state index in [9.17, 15) is 29.1 Å². The van der Waals surface area contributed by atoms with Gasteiger partial charge in [-0.25, -0.2) is 9.78 Å². The summed E-state index contributed by atoms with van der Waals surface area (Å²) in [5.41, 5.74) is 1.41. The minimum absolute atomic E-state index is 0.000270. The van der Waals surface area contributed by atoms with Crippen molar-refractivity contribution in [3.05, 3.63) is 66.2 Å². The number of esters is 2. The Labute approximate surface area is 287 Å². The number of hydrogen-bond donors (Lipinski definition) is 4. The number of carbonyl (C=O) groups excluding carboxylic acids is 5. The normalized spacial score (nSPS) is 13.7. The van der Waals surface area contributed by atoms with Crippen LogP contribution in [0.2, 0.25) is 0 Å². The summed E-state index contributed by atoms with van der Waals surface area (Å²) in [6, 6.07) is 11.3. The van der Waals surface area contributed by atoms with Gasteiger partial charge in [-0.15, -0.1) is 0 Å². The van der Waals surface area contributed by atoms with Crippen molar-refractivity contribution in [2.45, 2.75) is 84.1 Å². The molecule has 0 spiro atoms. The Morgan fingerprint density at radius 1 is 0.959 bits per heavy atom. The van der Waals surface area contributed by atoms with Crippen molar-refractivity contribution in [1.82, 2.24) is 25.5 Å². The first-order valence-electron chi connectivity index (χ1n) is 16.5. The van der Waals surface area contributed by atoms with Crippen molar-refractivity contribution in [2.24, 2.45) is 11.8 Å². The zero-order valence-corrected chi connectivity index (χ0v) is 29.1. The van der Waals surface area contributed by atoms with Crippen molar-refractivity contribution in [3.63, 3.8) is 0 Å². The highest BCUT2D eigenvalue weighted by atomic mass is 16.6. The number of methoxy groups -OCH3 is 1. The molecule has 0 bridgehead atoms. The van der Waals surface area contributed by atoms with Crippen LogP contribution in [0, 0.1) is 11.8 Å². The number of fused-ring (bicyclic) bond motifs is 1. The summed E-state index contributed by atoms with van der Waals surface area (Å²) in [6.45, 7) is 7.21. The molecule has 3 rings (SSSR count). The number of aliphatic hydroxyl groups excluding tert-OH is 1. The van der Waals surface area contributed by atoms with Crippen molar-refractivity contribution in [3.8, 4) is 0 Å². The lowest BCUT2D eigenvalue weighted by Crippen LogP contribution is -2.56. The van der Waals surface area contributed by atoms with Crippen molar-refractivity contribution >= 4 is 40.4 Å². The fourth-order valence-electron chi connectivity index (χ4n) is 5.49. The largest absolute Gasteiger partial charge is 0.469 e. The van der Waals surface area contributed by atoms with Crippen LogP contribution in [-0.2, 0) is 46.3 Å². The number of aromatic nitrogens is 2. The summed E-state index contributed by atoms with van der Waals surface area (Å²) in [7, 11) is 2.82. The van der Waals surface area contributed by atoms with Gasteiger partial charge in [-0.05, 0) is 48.9 Å². The molecule has 1 aromatic heterocycles. The number of aromatic amines is 1. The van der Waals surface area contributed by atoms with Crippen LogP contribution in [0.5, 0.6) is 0 Å². The monoisotopic (exact) mass is 679 g/mol. The summed E-state index contributed by atoms with van der Waals surface area (Å²) in [5.74, 6) is -3.75. The number of carbonyl (C=O) groups is 5. The second-order valence-electron chi connectivity index (χ2n) is 12.9. The molecule has 0 aliphatic heterocycles. The van der Waals surface area contributed by atoms with Gasteiger partial charge in [0.1, 0.15) is 6.04 Å². The number of nitrogens with zero attached hydrogens (tertiary/aromatic N) is 2. The molecule has 0 saturated heterocycles. The summed E-state index contributed by atoms with van der Waals surface area (Å²) in [5, 5.41) is 18.4. The van der Waals surface area contributed by atoms with Gasteiger partial charge in [-0.1, -0.05) is 56.3 Å². The van der Waals surface area contributed by atoms with E-state index in [4.69, 9.17) is 9.47 Å². The molecule has 2 aromatic carbocycles. The maximum atomic E-state index is 14.1. The topological polar surface area (TPSA) is 180 Å². The lowest BCUT2D eigenvalue weighted by Gasteiger charge is -2.28. The maximum Gasteiger partial charge on any atom is 0.337 e. The first-order valence-corrected chi connectivity index (χ1v) is 16.5. The fraction of sp³-hybridized carbons (Fsp3) is 0.500. The zero-order chi connectivity index (χ0) is 36.1. The van der Waals surface area contributed by atoms with Gasteiger partial charge in [0, 0.05) is 38.3 Å². The number of rotatable bonds is 18. The number of benzene rings is 2. The predicted octanol–water partition coefficient (Wildman–Crippen LogP) is 2.70. The Kier molecular flexibility index (Phi) is 14.7. The van der Waals surface area contributed by atoms with E-state index in [1.54, 1.807) is 20.9 Å². The summed E-state index contributed by atoms with van der Waals surface area (Å²) in [6.07, 6.45) is 1.16. The van der Waals surface area contributed by atoms with Crippen LogP contribution in [0.4, 0.5) is 0 Å². The molecule has 2 unspecified atom stereocenters. The number of aliphatic hydroxyl groups is 1. The maximum absolute atomic E-state index is 14.1. The van der Waals surface area contributed by atoms with Crippen LogP contribution in [0.25, 0.3) is 10.8 Å². The van der Waals surface area contributed by atoms with E-state index in [1.807, 2.05) is 56.3 Å². The third-order valence-electron chi connectivity index (χ3n) is 8.08. The first-order chi connectivity index (χ1) is 23.3. The number of amides is 3. The van der Waals surface area contributed by atoms with E-state index < -0.39 is 54.0 Å². The number of imidazole rings is 1. The van der Waals surface area contributed by atoms with Crippen LogP contribution in [-0.4, -0.2) is 94.6 Å². The van der Waals surface area contributed by atoms with Gasteiger partial charge in [0.2, 0.25) is 17.7 Å². The number of hydrogen-bond acceptors (Lipinski definition) is 9. The van der Waals surface area contributed by atoms with Crippen LogP contribution < -0.4 is 10.6 Å². The highest BCUT2D eigenvalue weighted by molar-refractivity contribution is 5.92. The molecule has 0 saturated carbocycles. The average Bonchev–Trinajstić information content (AvgIpc) is 3.58. The van der Waals surface area contributed by atoms with E-state index >= 15 is 0 Å². The highest BCUT2D eigenvalue weighted by Crippen LogP contribution is 2.24. The van der Waals surface area contributed by atoms with Crippen molar-refractivity contribution in [1.29, 1.82) is 0 Å². The molecule has 0 fully saturated rings. The molecule has 0 radical (unpaired) electrons. The molecule has 0 aliphatic carbocycles. The summed E-state index contributed by atoms with van der Waals surface area (Å²) >= 11 is 0. The Hall–Kier alpha value is -4.78. The van der Waals surface area contributed by atoms with Gasteiger partial charge in [0.15, 0.2) is 6.10 Å². The fourth-order valence-corrected chi connectivity index (χ4v) is 5.49. The van der Waals surface area contributed by atoms with Crippen LogP contribution >= 0.6 is 0 Å². The van der Waals surface area contributed by atoms with E-state index in [1.165, 1.54) is 24.5 Å². The molecule has 0 aliphatic rings. The molecular weight excluding hydrogens is 630 g/mol. The predicted molar refractivity (Wildman–Crippen MR) is 183 cm³/mol. The van der Waals surface area contributed by atoms with Crippen LogP contribution in [0.15, 0.2) is 55.0 Å². The third kappa shape index (κ3) is 12.0. The van der Waals surface area contributed by atoms with E-state index in [0.29, 0.717) is 5.69 Å². The molecule has 4 N–H and O–H groups in total. The Morgan fingerprint density at radius 2 is 1.67 bits per heavy atom. The van der Waals surface area contributed by atoms with Crippen LogP contribution in [0.1, 0.15) is 58.2 Å². The molecule has 1 heterocycles. The zero-order valence-electron chi connectivity index (χ0n) is 29.1. The van der Waals surface area contributed by atoms with Gasteiger partial charge in [-0.3, -0.25) is 19.2 Å². The number of ether oxygens (including phenoxy) is 2. The van der Waals surface area contributed by atoms with E-state index in [0.717, 1.165) is 16.3 Å². The SMILES string of the molecule is COC(=O)CCN(C)C(=O)CC(Cc1cccc2ccccc12)C(=O)N[C@@H](Cc1cnc[nH]1)C(=O)N[C@@H](CC(C)C)C(O)C(=O)OC(C)C. The minimum atomic E-state index is -1.63. The average molecular weight is 680 g/mol. The van der Waals surface area contributed by atoms with Crippen molar-refractivity contribution in [2.75, 3.05) is 20.7 Å². The van der Waals surface area contributed by atoms with Gasteiger partial charge in [0.05, 0.1) is 37.9 Å².